The molecule has 4 nitrogen and oxygen atoms in total. The van der Waals surface area contributed by atoms with Crippen molar-refractivity contribution >= 4 is 39.8 Å². The Labute approximate surface area is 169 Å². The Hall–Kier alpha value is -2.01. The average Bonchev–Trinajstić information content (AvgIpc) is 2.71. The molecule has 3 aromatic rings. The number of fused-ring (bicyclic) bond motifs is 1. The van der Waals surface area contributed by atoms with Gasteiger partial charge < -0.3 is 9.64 Å². The first-order valence-electron chi connectivity index (χ1n) is 9.10. The molecular formula is C21H21Cl2N3O. The molecule has 1 fully saturated rings. The van der Waals surface area contributed by atoms with Crippen LogP contribution in [0.4, 0.5) is 5.69 Å². The summed E-state index contributed by atoms with van der Waals surface area (Å²) < 4.78 is 6.01. The molecule has 1 aliphatic heterocycles. The highest BCUT2D eigenvalue weighted by Gasteiger charge is 2.19. The molecule has 0 saturated carbocycles. The Kier molecular flexibility index (Phi) is 5.67. The molecule has 0 aliphatic carbocycles. The van der Waals surface area contributed by atoms with Crippen LogP contribution in [0, 0.1) is 0 Å². The molecule has 0 unspecified atom stereocenters. The van der Waals surface area contributed by atoms with E-state index in [1.54, 1.807) is 6.20 Å². The van der Waals surface area contributed by atoms with Crippen LogP contribution < -0.4 is 9.64 Å². The molecule has 27 heavy (non-hydrogen) atoms. The largest absolute Gasteiger partial charge is 0.490 e. The summed E-state index contributed by atoms with van der Waals surface area (Å²) in [5, 5.41) is 2.34. The monoisotopic (exact) mass is 401 g/mol. The lowest BCUT2D eigenvalue weighted by atomic mass is 10.2. The van der Waals surface area contributed by atoms with E-state index in [0.717, 1.165) is 55.1 Å². The van der Waals surface area contributed by atoms with Crippen molar-refractivity contribution < 1.29 is 4.74 Å². The maximum atomic E-state index is 6.35. The Balaban J connectivity index is 1.30. The van der Waals surface area contributed by atoms with E-state index in [0.29, 0.717) is 16.7 Å². The molecule has 1 aromatic heterocycles. The van der Waals surface area contributed by atoms with E-state index in [9.17, 15) is 0 Å². The number of hydrogen-bond acceptors (Lipinski definition) is 4. The number of aromatic nitrogens is 1. The number of hydrogen-bond donors (Lipinski definition) is 0. The van der Waals surface area contributed by atoms with Gasteiger partial charge in [-0.15, -0.1) is 0 Å². The first-order chi connectivity index (χ1) is 13.2. The van der Waals surface area contributed by atoms with E-state index in [2.05, 4.69) is 26.9 Å². The van der Waals surface area contributed by atoms with Gasteiger partial charge in [-0.3, -0.25) is 9.88 Å². The average molecular weight is 402 g/mol. The normalized spacial score (nSPS) is 15.3. The highest BCUT2D eigenvalue weighted by molar-refractivity contribution is 6.43. The van der Waals surface area contributed by atoms with E-state index in [4.69, 9.17) is 27.9 Å². The lowest BCUT2D eigenvalue weighted by molar-refractivity contribution is 0.201. The number of piperazine rings is 1. The quantitative estimate of drug-likeness (QED) is 0.616. The molecule has 0 N–H and O–H groups in total. The highest BCUT2D eigenvalue weighted by Crippen LogP contribution is 2.32. The lowest BCUT2D eigenvalue weighted by Gasteiger charge is -2.36. The fourth-order valence-corrected chi connectivity index (χ4v) is 3.84. The number of para-hydroxylation sites is 1. The van der Waals surface area contributed by atoms with Crippen molar-refractivity contribution in [2.24, 2.45) is 0 Å². The zero-order chi connectivity index (χ0) is 18.6. The molecule has 0 bridgehead atoms. The highest BCUT2D eigenvalue weighted by atomic mass is 35.5. The van der Waals surface area contributed by atoms with Crippen molar-refractivity contribution in [3.05, 3.63) is 64.8 Å². The van der Waals surface area contributed by atoms with Gasteiger partial charge in [-0.05, 0) is 24.3 Å². The molecule has 2 aromatic carbocycles. The molecule has 0 amide bonds. The summed E-state index contributed by atoms with van der Waals surface area (Å²) in [6, 6.07) is 15.8. The minimum Gasteiger partial charge on any atom is -0.490 e. The van der Waals surface area contributed by atoms with E-state index in [1.807, 2.05) is 36.4 Å². The van der Waals surface area contributed by atoms with Gasteiger partial charge in [0.1, 0.15) is 17.9 Å². The zero-order valence-corrected chi connectivity index (χ0v) is 16.5. The molecule has 0 atom stereocenters. The summed E-state index contributed by atoms with van der Waals surface area (Å²) in [5.41, 5.74) is 1.93. The van der Waals surface area contributed by atoms with Crippen molar-refractivity contribution in [1.82, 2.24) is 9.88 Å². The Morgan fingerprint density at radius 1 is 0.926 bits per heavy atom. The van der Waals surface area contributed by atoms with E-state index in [1.165, 1.54) is 0 Å². The van der Waals surface area contributed by atoms with E-state index < -0.39 is 0 Å². The fraction of sp³-hybridized carbons (Fsp3) is 0.286. The fourth-order valence-electron chi connectivity index (χ4n) is 3.43. The second-order valence-electron chi connectivity index (χ2n) is 6.58. The van der Waals surface area contributed by atoms with Crippen LogP contribution in [0.1, 0.15) is 0 Å². The summed E-state index contributed by atoms with van der Waals surface area (Å²) in [7, 11) is 0. The number of halogens is 2. The van der Waals surface area contributed by atoms with E-state index in [-0.39, 0.29) is 0 Å². The first-order valence-corrected chi connectivity index (χ1v) is 9.86. The van der Waals surface area contributed by atoms with Gasteiger partial charge in [0.05, 0.1) is 15.7 Å². The smallest absolute Gasteiger partial charge is 0.145 e. The van der Waals surface area contributed by atoms with Gasteiger partial charge in [-0.1, -0.05) is 47.5 Å². The van der Waals surface area contributed by atoms with Crippen LogP contribution in [-0.2, 0) is 0 Å². The molecule has 0 spiro atoms. The van der Waals surface area contributed by atoms with Crippen molar-refractivity contribution in [2.75, 3.05) is 44.2 Å². The molecular weight excluding hydrogens is 381 g/mol. The van der Waals surface area contributed by atoms with Crippen LogP contribution in [0.15, 0.2) is 54.7 Å². The second kappa shape index (κ2) is 8.34. The van der Waals surface area contributed by atoms with Crippen LogP contribution in [-0.4, -0.2) is 49.2 Å². The third-order valence-electron chi connectivity index (χ3n) is 4.90. The number of anilines is 1. The molecule has 6 heteroatoms. The van der Waals surface area contributed by atoms with Gasteiger partial charge in [0.25, 0.3) is 0 Å². The summed E-state index contributed by atoms with van der Waals surface area (Å²) >= 11 is 12.5. The number of nitrogens with zero attached hydrogens (tertiary/aromatic N) is 3. The molecule has 2 heterocycles. The third kappa shape index (κ3) is 4.13. The maximum absolute atomic E-state index is 6.35. The predicted octanol–water partition coefficient (Wildman–Crippen LogP) is 4.74. The third-order valence-corrected chi connectivity index (χ3v) is 5.71. The SMILES string of the molecule is Clc1cccc(N2CCN(CCOc3cccc4cccnc34)CC2)c1Cl. The zero-order valence-electron chi connectivity index (χ0n) is 14.9. The molecule has 4 rings (SSSR count). The van der Waals surface area contributed by atoms with Gasteiger partial charge >= 0.3 is 0 Å². The molecule has 0 radical (unpaired) electrons. The summed E-state index contributed by atoms with van der Waals surface area (Å²) in [5.74, 6) is 0.845. The van der Waals surface area contributed by atoms with Crippen LogP contribution >= 0.6 is 23.2 Å². The molecule has 1 saturated heterocycles. The second-order valence-corrected chi connectivity index (χ2v) is 7.37. The molecule has 140 valence electrons. The number of benzene rings is 2. The Morgan fingerprint density at radius 3 is 2.56 bits per heavy atom. The molecule has 1 aliphatic rings. The summed E-state index contributed by atoms with van der Waals surface area (Å²) in [6.07, 6.45) is 1.80. The summed E-state index contributed by atoms with van der Waals surface area (Å²) in [6.45, 7) is 5.33. The minimum atomic E-state index is 0.605. The topological polar surface area (TPSA) is 28.6 Å². The van der Waals surface area contributed by atoms with Crippen LogP contribution in [0.2, 0.25) is 10.0 Å². The predicted molar refractivity (Wildman–Crippen MR) is 112 cm³/mol. The van der Waals surface area contributed by atoms with Crippen LogP contribution in [0.3, 0.4) is 0 Å². The van der Waals surface area contributed by atoms with E-state index >= 15 is 0 Å². The minimum absolute atomic E-state index is 0.605. The van der Waals surface area contributed by atoms with Gasteiger partial charge in [0, 0.05) is 44.3 Å². The van der Waals surface area contributed by atoms with Gasteiger partial charge in [-0.25, -0.2) is 0 Å². The standard InChI is InChI=1S/C21H21Cl2N3O/c22-17-6-2-7-18(20(17)23)26-12-10-25(11-13-26)14-15-27-19-8-1-4-16-5-3-9-24-21(16)19/h1-9H,10-15H2. The van der Waals surface area contributed by atoms with Crippen molar-refractivity contribution in [3.8, 4) is 5.75 Å². The van der Waals surface area contributed by atoms with Gasteiger partial charge in [0.15, 0.2) is 0 Å². The first kappa shape index (κ1) is 18.4. The van der Waals surface area contributed by atoms with Crippen molar-refractivity contribution in [3.63, 3.8) is 0 Å². The number of rotatable bonds is 5. The Bertz CT molecular complexity index is 921. The Morgan fingerprint density at radius 2 is 1.70 bits per heavy atom. The van der Waals surface area contributed by atoms with Crippen LogP contribution in [0.25, 0.3) is 10.9 Å². The lowest BCUT2D eigenvalue weighted by Crippen LogP contribution is -2.47. The van der Waals surface area contributed by atoms with Crippen LogP contribution in [0.5, 0.6) is 5.75 Å². The summed E-state index contributed by atoms with van der Waals surface area (Å²) in [4.78, 5) is 9.14. The number of pyridine rings is 1. The van der Waals surface area contributed by atoms with Crippen molar-refractivity contribution in [2.45, 2.75) is 0 Å². The maximum Gasteiger partial charge on any atom is 0.145 e. The number of ether oxygens (including phenoxy) is 1. The van der Waals surface area contributed by atoms with Gasteiger partial charge in [-0.2, -0.15) is 0 Å². The van der Waals surface area contributed by atoms with Crippen molar-refractivity contribution in [1.29, 1.82) is 0 Å². The van der Waals surface area contributed by atoms with Gasteiger partial charge in [0.2, 0.25) is 0 Å².